The fourth-order valence-electron chi connectivity index (χ4n) is 3.31. The molecule has 3 nitrogen and oxygen atoms in total. The van der Waals surface area contributed by atoms with Crippen molar-refractivity contribution in [1.82, 2.24) is 10.3 Å². The van der Waals surface area contributed by atoms with Crippen LogP contribution < -0.4 is 5.32 Å². The van der Waals surface area contributed by atoms with Gasteiger partial charge < -0.3 is 5.32 Å². The molecule has 138 valence electrons. The van der Waals surface area contributed by atoms with Crippen molar-refractivity contribution in [3.63, 3.8) is 0 Å². The van der Waals surface area contributed by atoms with Crippen LogP contribution in [0, 0.1) is 12.7 Å². The van der Waals surface area contributed by atoms with Crippen molar-refractivity contribution in [3.05, 3.63) is 69.8 Å². The minimum Gasteiger partial charge on any atom is -0.349 e. The van der Waals surface area contributed by atoms with E-state index in [9.17, 15) is 9.18 Å². The molecule has 1 amide bonds. The van der Waals surface area contributed by atoms with Gasteiger partial charge in [0.25, 0.3) is 0 Å². The fourth-order valence-corrected chi connectivity index (χ4v) is 5.39. The number of thiazole rings is 1. The molecule has 1 aliphatic rings. The third-order valence-corrected chi connectivity index (χ3v) is 6.63. The van der Waals surface area contributed by atoms with Gasteiger partial charge in [-0.1, -0.05) is 18.2 Å². The highest BCUT2D eigenvalue weighted by Crippen LogP contribution is 2.36. The zero-order valence-electron chi connectivity index (χ0n) is 14.9. The Labute approximate surface area is 166 Å². The molecular formula is C21H19FN2OS2. The monoisotopic (exact) mass is 398 g/mol. The highest BCUT2D eigenvalue weighted by molar-refractivity contribution is 7.99. The fraction of sp³-hybridized carbons (Fsp3) is 0.238. The van der Waals surface area contributed by atoms with Gasteiger partial charge >= 0.3 is 0 Å². The third-order valence-electron chi connectivity index (χ3n) is 4.54. The Bertz CT molecular complexity index is 969. The molecule has 2 heterocycles. The second kappa shape index (κ2) is 7.82. The Morgan fingerprint density at radius 3 is 2.81 bits per heavy atom. The first-order valence-electron chi connectivity index (χ1n) is 8.83. The summed E-state index contributed by atoms with van der Waals surface area (Å²) >= 11 is 3.36. The first kappa shape index (κ1) is 18.2. The van der Waals surface area contributed by atoms with Crippen LogP contribution in [0.25, 0.3) is 11.3 Å². The van der Waals surface area contributed by atoms with Gasteiger partial charge in [-0.2, -0.15) is 0 Å². The minimum atomic E-state index is -0.279. The summed E-state index contributed by atoms with van der Waals surface area (Å²) in [6, 6.07) is 14.6. The van der Waals surface area contributed by atoms with Crippen molar-refractivity contribution in [2.24, 2.45) is 0 Å². The Morgan fingerprint density at radius 1 is 1.22 bits per heavy atom. The predicted molar refractivity (Wildman–Crippen MR) is 109 cm³/mol. The molecule has 1 atom stereocenters. The number of hydrogen-bond donors (Lipinski definition) is 1. The highest BCUT2D eigenvalue weighted by atomic mass is 32.2. The molecular weight excluding hydrogens is 379 g/mol. The zero-order valence-corrected chi connectivity index (χ0v) is 16.5. The van der Waals surface area contributed by atoms with Gasteiger partial charge in [0.15, 0.2) is 0 Å². The molecule has 0 saturated heterocycles. The van der Waals surface area contributed by atoms with E-state index in [2.05, 4.69) is 22.4 Å². The number of nitrogens with zero attached hydrogens (tertiary/aromatic N) is 1. The lowest BCUT2D eigenvalue weighted by Crippen LogP contribution is -2.31. The summed E-state index contributed by atoms with van der Waals surface area (Å²) in [6.45, 7) is 1.92. The SMILES string of the molecule is Cc1nc(-c2ccc(F)cc2)c(CC(=O)N[C@@H]2CCSc3ccccc32)s1. The molecule has 0 fully saturated rings. The van der Waals surface area contributed by atoms with E-state index in [1.54, 1.807) is 12.1 Å². The van der Waals surface area contributed by atoms with Gasteiger partial charge in [-0.05, 0) is 49.2 Å². The van der Waals surface area contributed by atoms with E-state index in [-0.39, 0.29) is 24.2 Å². The number of nitrogens with one attached hydrogen (secondary N) is 1. The maximum absolute atomic E-state index is 13.2. The number of benzene rings is 2. The van der Waals surface area contributed by atoms with E-state index in [1.165, 1.54) is 33.9 Å². The summed E-state index contributed by atoms with van der Waals surface area (Å²) in [5, 5.41) is 4.09. The van der Waals surface area contributed by atoms with Crippen LogP contribution in [0.4, 0.5) is 4.39 Å². The molecule has 4 rings (SSSR count). The highest BCUT2D eigenvalue weighted by Gasteiger charge is 2.23. The lowest BCUT2D eigenvalue weighted by molar-refractivity contribution is -0.121. The van der Waals surface area contributed by atoms with Crippen molar-refractivity contribution in [3.8, 4) is 11.3 Å². The molecule has 1 N–H and O–H groups in total. The molecule has 3 aromatic rings. The normalized spacial score (nSPS) is 16.0. The number of aryl methyl sites for hydroxylation is 1. The van der Waals surface area contributed by atoms with E-state index >= 15 is 0 Å². The summed E-state index contributed by atoms with van der Waals surface area (Å²) in [6.07, 6.45) is 1.21. The van der Waals surface area contributed by atoms with Gasteiger partial charge in [0.05, 0.1) is 23.2 Å². The average molecular weight is 399 g/mol. The summed E-state index contributed by atoms with van der Waals surface area (Å²) < 4.78 is 13.2. The van der Waals surface area contributed by atoms with Gasteiger partial charge in [0.2, 0.25) is 5.91 Å². The molecule has 27 heavy (non-hydrogen) atoms. The Hall–Kier alpha value is -2.18. The number of rotatable bonds is 4. The minimum absolute atomic E-state index is 0.00582. The predicted octanol–water partition coefficient (Wildman–Crippen LogP) is 5.15. The first-order chi connectivity index (χ1) is 13.1. The Morgan fingerprint density at radius 2 is 2.00 bits per heavy atom. The average Bonchev–Trinajstić information content (AvgIpc) is 3.02. The topological polar surface area (TPSA) is 42.0 Å². The molecule has 0 saturated carbocycles. The summed E-state index contributed by atoms with van der Waals surface area (Å²) in [5.74, 6) is 0.718. The van der Waals surface area contributed by atoms with E-state index in [1.807, 2.05) is 30.8 Å². The Kier molecular flexibility index (Phi) is 5.27. The Balaban J connectivity index is 1.52. The van der Waals surface area contributed by atoms with Crippen molar-refractivity contribution >= 4 is 29.0 Å². The van der Waals surface area contributed by atoms with E-state index in [4.69, 9.17) is 0 Å². The molecule has 0 unspecified atom stereocenters. The number of carbonyl (C=O) groups excluding carboxylic acids is 1. The van der Waals surface area contributed by atoms with E-state index < -0.39 is 0 Å². The lowest BCUT2D eigenvalue weighted by atomic mass is 10.0. The van der Waals surface area contributed by atoms with Gasteiger partial charge in [-0.25, -0.2) is 9.37 Å². The second-order valence-electron chi connectivity index (χ2n) is 6.48. The van der Waals surface area contributed by atoms with E-state index in [0.29, 0.717) is 0 Å². The quantitative estimate of drug-likeness (QED) is 0.661. The number of aromatic nitrogens is 1. The molecule has 0 bridgehead atoms. The van der Waals surface area contributed by atoms with Crippen molar-refractivity contribution in [1.29, 1.82) is 0 Å². The number of halogens is 1. The second-order valence-corrected chi connectivity index (χ2v) is 8.91. The van der Waals surface area contributed by atoms with Crippen LogP contribution in [-0.4, -0.2) is 16.6 Å². The van der Waals surface area contributed by atoms with Crippen LogP contribution in [-0.2, 0) is 11.2 Å². The molecule has 0 aliphatic carbocycles. The third kappa shape index (κ3) is 4.06. The maximum atomic E-state index is 13.2. The summed E-state index contributed by atoms with van der Waals surface area (Å²) in [4.78, 5) is 19.5. The van der Waals surface area contributed by atoms with Gasteiger partial charge in [-0.3, -0.25) is 4.79 Å². The number of thioether (sulfide) groups is 1. The molecule has 0 radical (unpaired) electrons. The first-order valence-corrected chi connectivity index (χ1v) is 10.6. The van der Waals surface area contributed by atoms with Crippen LogP contribution in [0.5, 0.6) is 0 Å². The largest absolute Gasteiger partial charge is 0.349 e. The maximum Gasteiger partial charge on any atom is 0.225 e. The summed E-state index contributed by atoms with van der Waals surface area (Å²) in [5.41, 5.74) is 2.80. The van der Waals surface area contributed by atoms with Gasteiger partial charge in [0, 0.05) is 21.1 Å². The van der Waals surface area contributed by atoms with Crippen LogP contribution in [0.3, 0.4) is 0 Å². The van der Waals surface area contributed by atoms with Gasteiger partial charge in [-0.15, -0.1) is 23.1 Å². The number of hydrogen-bond acceptors (Lipinski definition) is 4. The zero-order chi connectivity index (χ0) is 18.8. The van der Waals surface area contributed by atoms with E-state index in [0.717, 1.165) is 33.3 Å². The molecule has 2 aromatic carbocycles. The number of fused-ring (bicyclic) bond motifs is 1. The smallest absolute Gasteiger partial charge is 0.225 e. The molecule has 6 heteroatoms. The summed E-state index contributed by atoms with van der Waals surface area (Å²) in [7, 11) is 0. The molecule has 1 aliphatic heterocycles. The van der Waals surface area contributed by atoms with Gasteiger partial charge in [0.1, 0.15) is 5.82 Å². The van der Waals surface area contributed by atoms with Crippen LogP contribution in [0.15, 0.2) is 53.4 Å². The van der Waals surface area contributed by atoms with Crippen LogP contribution in [0.2, 0.25) is 0 Å². The van der Waals surface area contributed by atoms with Crippen LogP contribution in [0.1, 0.15) is 27.9 Å². The number of carbonyl (C=O) groups is 1. The van der Waals surface area contributed by atoms with Crippen molar-refractivity contribution in [2.45, 2.75) is 30.7 Å². The van der Waals surface area contributed by atoms with Crippen LogP contribution >= 0.6 is 23.1 Å². The standard InChI is InChI=1S/C21H19FN2OS2/c1-13-23-21(14-6-8-15(22)9-7-14)19(27-13)12-20(25)24-17-10-11-26-18-5-3-2-4-16(17)18/h2-9,17H,10-12H2,1H3,(H,24,25)/t17-/m1/s1. The van der Waals surface area contributed by atoms with Crippen molar-refractivity contribution in [2.75, 3.05) is 5.75 Å². The molecule has 1 aromatic heterocycles. The number of amides is 1. The molecule has 0 spiro atoms. The lowest BCUT2D eigenvalue weighted by Gasteiger charge is -2.25. The van der Waals surface area contributed by atoms with Crippen molar-refractivity contribution < 1.29 is 9.18 Å².